The van der Waals surface area contributed by atoms with Gasteiger partial charge in [-0.3, -0.25) is 0 Å². The van der Waals surface area contributed by atoms with E-state index in [1.807, 2.05) is 0 Å². The maximum Gasteiger partial charge on any atom is 0.0574 e. The van der Waals surface area contributed by atoms with Crippen molar-refractivity contribution in [1.29, 1.82) is 0 Å². The third kappa shape index (κ3) is 2.92. The summed E-state index contributed by atoms with van der Waals surface area (Å²) in [6.07, 6.45) is 0. The Bertz CT molecular complexity index is 550. The Morgan fingerprint density at radius 2 is 1.94 bits per heavy atom. The lowest BCUT2D eigenvalue weighted by Gasteiger charge is -2.14. The number of hydrogen-bond acceptors (Lipinski definition) is 2. The first-order chi connectivity index (χ1) is 7.99. The van der Waals surface area contributed by atoms with Crippen molar-refractivity contribution in [3.8, 4) is 0 Å². The van der Waals surface area contributed by atoms with Crippen LogP contribution in [0.15, 0.2) is 28.7 Å². The van der Waals surface area contributed by atoms with Crippen LogP contribution in [-0.2, 0) is 0 Å². The first-order valence-electron chi connectivity index (χ1n) is 5.26. The molecule has 0 fully saturated rings. The van der Waals surface area contributed by atoms with Crippen molar-refractivity contribution < 1.29 is 0 Å². The molecule has 90 valence electrons. The van der Waals surface area contributed by atoms with Gasteiger partial charge in [0, 0.05) is 17.8 Å². The molecule has 4 heteroatoms. The maximum absolute atomic E-state index is 6.37. The van der Waals surface area contributed by atoms with E-state index in [9.17, 15) is 0 Å². The monoisotopic (exact) mass is 421 g/mol. The van der Waals surface area contributed by atoms with Gasteiger partial charge in [-0.05, 0) is 71.8 Å². The molecule has 0 saturated carbocycles. The molecule has 1 aromatic heterocycles. The largest absolute Gasteiger partial charge is 0.320 e. The second-order valence-corrected chi connectivity index (χ2v) is 7.57. The fourth-order valence-corrected chi connectivity index (χ4v) is 3.86. The van der Waals surface area contributed by atoms with Crippen molar-refractivity contribution in [3.63, 3.8) is 0 Å². The summed E-state index contributed by atoms with van der Waals surface area (Å²) in [7, 11) is 0. The number of benzene rings is 1. The van der Waals surface area contributed by atoms with Crippen LogP contribution in [0.4, 0.5) is 0 Å². The molecule has 0 amide bonds. The average molecular weight is 422 g/mol. The summed E-state index contributed by atoms with van der Waals surface area (Å²) >= 11 is 7.70. The Kier molecular flexibility index (Phi) is 4.28. The highest BCUT2D eigenvalue weighted by Gasteiger charge is 2.16. The Balaban J connectivity index is 2.46. The summed E-state index contributed by atoms with van der Waals surface area (Å²) in [5.41, 5.74) is 8.76. The molecule has 1 unspecified atom stereocenters. The summed E-state index contributed by atoms with van der Waals surface area (Å²) < 4.78 is 2.29. The standard InChI is InChI=1S/C13H13BrINS/c1-7-5-10(8(2)17-7)13(16)11-6-9(15)3-4-12(11)14/h3-6,13H,16H2,1-2H3. The number of hydrogen-bond donors (Lipinski definition) is 1. The van der Waals surface area contributed by atoms with E-state index in [-0.39, 0.29) is 6.04 Å². The first kappa shape index (κ1) is 13.5. The van der Waals surface area contributed by atoms with Crippen LogP contribution in [0, 0.1) is 17.4 Å². The molecular weight excluding hydrogens is 409 g/mol. The van der Waals surface area contributed by atoms with Gasteiger partial charge in [0.1, 0.15) is 0 Å². The Labute approximate surface area is 128 Å². The average Bonchev–Trinajstić information content (AvgIpc) is 2.60. The molecule has 1 heterocycles. The maximum atomic E-state index is 6.37. The van der Waals surface area contributed by atoms with Gasteiger partial charge in [-0.1, -0.05) is 15.9 Å². The van der Waals surface area contributed by atoms with Crippen LogP contribution in [0.2, 0.25) is 0 Å². The lowest BCUT2D eigenvalue weighted by atomic mass is 10.0. The lowest BCUT2D eigenvalue weighted by Crippen LogP contribution is -2.12. The van der Waals surface area contributed by atoms with Crippen molar-refractivity contribution in [2.24, 2.45) is 5.73 Å². The number of nitrogens with two attached hydrogens (primary N) is 1. The van der Waals surface area contributed by atoms with Gasteiger partial charge in [-0.2, -0.15) is 0 Å². The second kappa shape index (κ2) is 5.38. The van der Waals surface area contributed by atoms with Crippen LogP contribution >= 0.6 is 49.9 Å². The van der Waals surface area contributed by atoms with Crippen LogP contribution in [0.5, 0.6) is 0 Å². The van der Waals surface area contributed by atoms with Crippen molar-refractivity contribution in [3.05, 3.63) is 53.2 Å². The van der Waals surface area contributed by atoms with E-state index in [2.05, 4.69) is 76.6 Å². The molecule has 2 N–H and O–H groups in total. The molecule has 0 aliphatic carbocycles. The van der Waals surface area contributed by atoms with E-state index in [0.717, 1.165) is 10.0 Å². The van der Waals surface area contributed by atoms with Crippen LogP contribution < -0.4 is 5.73 Å². The fourth-order valence-electron chi connectivity index (χ4n) is 1.88. The molecule has 0 aliphatic rings. The summed E-state index contributed by atoms with van der Waals surface area (Å²) in [6.45, 7) is 4.26. The lowest BCUT2D eigenvalue weighted by molar-refractivity contribution is 0.862. The van der Waals surface area contributed by atoms with Crippen molar-refractivity contribution >= 4 is 49.9 Å². The Hall–Kier alpha value is 0.0900. The summed E-state index contributed by atoms with van der Waals surface area (Å²) in [5.74, 6) is 0. The first-order valence-corrected chi connectivity index (χ1v) is 7.95. The molecule has 1 aromatic carbocycles. The zero-order valence-electron chi connectivity index (χ0n) is 9.63. The molecular formula is C13H13BrINS. The van der Waals surface area contributed by atoms with Gasteiger partial charge in [-0.25, -0.2) is 0 Å². The Morgan fingerprint density at radius 1 is 1.24 bits per heavy atom. The molecule has 0 bridgehead atoms. The predicted octanol–water partition coefficient (Wildman–Crippen LogP) is 4.78. The van der Waals surface area contributed by atoms with Crippen LogP contribution in [-0.4, -0.2) is 0 Å². The molecule has 2 rings (SSSR count). The quantitative estimate of drug-likeness (QED) is 0.693. The molecule has 0 radical (unpaired) electrons. The molecule has 2 aromatic rings. The van der Waals surface area contributed by atoms with Crippen molar-refractivity contribution in [2.75, 3.05) is 0 Å². The van der Waals surface area contributed by atoms with Gasteiger partial charge in [0.05, 0.1) is 6.04 Å². The minimum atomic E-state index is -0.0518. The molecule has 1 nitrogen and oxygen atoms in total. The zero-order chi connectivity index (χ0) is 12.6. The molecule has 1 atom stereocenters. The number of thiophene rings is 1. The SMILES string of the molecule is Cc1cc(C(N)c2cc(I)ccc2Br)c(C)s1. The van der Waals surface area contributed by atoms with Crippen LogP contribution in [0.3, 0.4) is 0 Å². The molecule has 17 heavy (non-hydrogen) atoms. The van der Waals surface area contributed by atoms with Gasteiger partial charge < -0.3 is 5.73 Å². The van der Waals surface area contributed by atoms with Crippen molar-refractivity contribution in [1.82, 2.24) is 0 Å². The highest BCUT2D eigenvalue weighted by atomic mass is 127. The number of aryl methyl sites for hydroxylation is 2. The highest BCUT2D eigenvalue weighted by Crippen LogP contribution is 2.33. The Morgan fingerprint density at radius 3 is 2.53 bits per heavy atom. The van der Waals surface area contributed by atoms with Crippen LogP contribution in [0.1, 0.15) is 26.9 Å². The number of halogens is 2. The minimum absolute atomic E-state index is 0.0518. The van der Waals surface area contributed by atoms with Gasteiger partial charge in [-0.15, -0.1) is 11.3 Å². The van der Waals surface area contributed by atoms with E-state index in [4.69, 9.17) is 5.73 Å². The van der Waals surface area contributed by atoms with E-state index in [1.165, 1.54) is 18.9 Å². The van der Waals surface area contributed by atoms with Gasteiger partial charge in [0.2, 0.25) is 0 Å². The predicted molar refractivity (Wildman–Crippen MR) is 86.7 cm³/mol. The molecule has 0 spiro atoms. The van der Waals surface area contributed by atoms with E-state index >= 15 is 0 Å². The fraction of sp³-hybridized carbons (Fsp3) is 0.231. The van der Waals surface area contributed by atoms with E-state index in [0.29, 0.717) is 0 Å². The third-order valence-electron chi connectivity index (χ3n) is 2.71. The van der Waals surface area contributed by atoms with Crippen molar-refractivity contribution in [2.45, 2.75) is 19.9 Å². The van der Waals surface area contributed by atoms with E-state index in [1.54, 1.807) is 11.3 Å². The van der Waals surface area contributed by atoms with Gasteiger partial charge in [0.25, 0.3) is 0 Å². The zero-order valence-corrected chi connectivity index (χ0v) is 14.2. The number of rotatable bonds is 2. The smallest absolute Gasteiger partial charge is 0.0574 e. The second-order valence-electron chi connectivity index (χ2n) is 4.01. The van der Waals surface area contributed by atoms with E-state index < -0.39 is 0 Å². The normalized spacial score (nSPS) is 12.8. The summed E-state index contributed by atoms with van der Waals surface area (Å²) in [6, 6.07) is 8.42. The third-order valence-corrected chi connectivity index (χ3v) is 5.08. The molecule has 0 saturated heterocycles. The van der Waals surface area contributed by atoms with Crippen LogP contribution in [0.25, 0.3) is 0 Å². The molecule has 0 aliphatic heterocycles. The minimum Gasteiger partial charge on any atom is -0.320 e. The van der Waals surface area contributed by atoms with Gasteiger partial charge >= 0.3 is 0 Å². The van der Waals surface area contributed by atoms with Gasteiger partial charge in [0.15, 0.2) is 0 Å². The summed E-state index contributed by atoms with van der Waals surface area (Å²) in [5, 5.41) is 0. The highest BCUT2D eigenvalue weighted by molar-refractivity contribution is 14.1. The topological polar surface area (TPSA) is 26.0 Å². The summed E-state index contributed by atoms with van der Waals surface area (Å²) in [4.78, 5) is 2.62.